The first-order valence-corrected chi connectivity index (χ1v) is 11.1. The molecule has 1 unspecified atom stereocenters. The molecule has 7 heteroatoms. The van der Waals surface area contributed by atoms with Crippen LogP contribution in [0.25, 0.3) is 16.5 Å². The number of rotatable bonds is 6. The number of amides is 1. The van der Waals surface area contributed by atoms with Gasteiger partial charge < -0.3 is 10.1 Å². The molecule has 4 rings (SSSR count). The summed E-state index contributed by atoms with van der Waals surface area (Å²) in [6.07, 6.45) is 5.44. The van der Waals surface area contributed by atoms with Crippen molar-refractivity contribution in [3.05, 3.63) is 75.4 Å². The molecule has 3 heterocycles. The first-order chi connectivity index (χ1) is 14.9. The van der Waals surface area contributed by atoms with Crippen LogP contribution in [0, 0.1) is 6.92 Å². The molecule has 0 spiro atoms. The Kier molecular flexibility index (Phi) is 6.20. The third kappa shape index (κ3) is 4.86. The van der Waals surface area contributed by atoms with E-state index in [9.17, 15) is 9.59 Å². The summed E-state index contributed by atoms with van der Waals surface area (Å²) in [6, 6.07) is 11.4. The number of nitrogens with zero attached hydrogens (tertiary/aromatic N) is 1. The molecule has 1 aliphatic heterocycles. The molecule has 1 N–H and O–H groups in total. The van der Waals surface area contributed by atoms with Gasteiger partial charge in [0.2, 0.25) is 5.91 Å². The van der Waals surface area contributed by atoms with Crippen LogP contribution in [-0.2, 0) is 11.2 Å². The van der Waals surface area contributed by atoms with Crippen molar-refractivity contribution < 1.29 is 14.3 Å². The van der Waals surface area contributed by atoms with Crippen molar-refractivity contribution >= 4 is 40.7 Å². The van der Waals surface area contributed by atoms with Crippen molar-refractivity contribution in [2.45, 2.75) is 26.4 Å². The van der Waals surface area contributed by atoms with Gasteiger partial charge in [0.25, 0.3) is 0 Å². The number of ketones is 1. The summed E-state index contributed by atoms with van der Waals surface area (Å²) in [7, 11) is 0. The molecule has 0 aliphatic carbocycles. The maximum absolute atomic E-state index is 12.2. The van der Waals surface area contributed by atoms with Crippen molar-refractivity contribution in [1.82, 2.24) is 10.3 Å². The lowest BCUT2D eigenvalue weighted by Gasteiger charge is -2.11. The molecule has 2 aromatic heterocycles. The van der Waals surface area contributed by atoms with Gasteiger partial charge >= 0.3 is 0 Å². The van der Waals surface area contributed by atoms with Gasteiger partial charge in [0.05, 0.1) is 16.4 Å². The van der Waals surface area contributed by atoms with Crippen LogP contribution in [0.5, 0.6) is 5.75 Å². The minimum absolute atomic E-state index is 0.0513. The third-order valence-electron chi connectivity index (χ3n) is 5.06. The highest BCUT2D eigenvalue weighted by atomic mass is 35.5. The topological polar surface area (TPSA) is 68.3 Å². The van der Waals surface area contributed by atoms with Crippen LogP contribution in [0.4, 0.5) is 0 Å². The highest BCUT2D eigenvalue weighted by Gasteiger charge is 2.26. The number of benzene rings is 1. The zero-order chi connectivity index (χ0) is 22.0. The van der Waals surface area contributed by atoms with Crippen molar-refractivity contribution in [3.8, 4) is 16.2 Å². The van der Waals surface area contributed by atoms with Crippen LogP contribution in [0.15, 0.2) is 48.7 Å². The van der Waals surface area contributed by atoms with E-state index in [4.69, 9.17) is 16.3 Å². The number of carbonyl (C=O) groups excluding carboxylic acids is 2. The number of aromatic nitrogens is 1. The summed E-state index contributed by atoms with van der Waals surface area (Å²) in [6.45, 7) is 3.84. The molecule has 1 atom stereocenters. The number of nitrogens with one attached hydrogen (secondary N) is 1. The van der Waals surface area contributed by atoms with Crippen molar-refractivity contribution in [3.63, 3.8) is 0 Å². The van der Waals surface area contributed by atoms with Crippen LogP contribution < -0.4 is 10.1 Å². The van der Waals surface area contributed by atoms with Gasteiger partial charge in [0, 0.05) is 34.8 Å². The molecule has 0 fully saturated rings. The molecular weight excluding hydrogens is 432 g/mol. The SMILES string of the molecule is CC(=O)c1ccc(-c2cc(Cl)c3c(c2)CC(CNC(=O)/C=C/c2cccnc2C)O3)s1. The van der Waals surface area contributed by atoms with Crippen molar-refractivity contribution in [1.29, 1.82) is 0 Å². The van der Waals surface area contributed by atoms with E-state index in [2.05, 4.69) is 10.3 Å². The van der Waals surface area contributed by atoms with Gasteiger partial charge in [-0.1, -0.05) is 17.7 Å². The summed E-state index contributed by atoms with van der Waals surface area (Å²) in [5.74, 6) is 0.523. The zero-order valence-electron chi connectivity index (χ0n) is 17.1. The summed E-state index contributed by atoms with van der Waals surface area (Å²) < 4.78 is 5.97. The molecular formula is C24H21ClN2O3S. The number of halogens is 1. The number of ether oxygens (including phenoxy) is 1. The normalized spacial score (nSPS) is 15.0. The first kappa shape index (κ1) is 21.3. The Bertz CT molecular complexity index is 1190. The molecule has 3 aromatic rings. The second kappa shape index (κ2) is 9.04. The molecule has 5 nitrogen and oxygen atoms in total. The third-order valence-corrected chi connectivity index (χ3v) is 6.57. The quantitative estimate of drug-likeness (QED) is 0.417. The fraction of sp³-hybridized carbons (Fsp3) is 0.208. The zero-order valence-corrected chi connectivity index (χ0v) is 18.7. The average molecular weight is 453 g/mol. The molecule has 0 radical (unpaired) electrons. The number of hydrogen-bond donors (Lipinski definition) is 1. The maximum atomic E-state index is 12.2. The largest absolute Gasteiger partial charge is 0.486 e. The van der Waals surface area contributed by atoms with E-state index in [0.29, 0.717) is 23.7 Å². The second-order valence-corrected chi connectivity index (χ2v) is 8.86. The van der Waals surface area contributed by atoms with Gasteiger partial charge in [-0.15, -0.1) is 11.3 Å². The molecule has 1 amide bonds. The van der Waals surface area contributed by atoms with Crippen LogP contribution in [0.3, 0.4) is 0 Å². The monoisotopic (exact) mass is 452 g/mol. The Morgan fingerprint density at radius 3 is 2.90 bits per heavy atom. The highest BCUT2D eigenvalue weighted by molar-refractivity contribution is 7.17. The van der Waals surface area contributed by atoms with Gasteiger partial charge in [0.1, 0.15) is 11.9 Å². The Labute approximate surface area is 189 Å². The van der Waals surface area contributed by atoms with Gasteiger partial charge in [-0.05, 0) is 61.4 Å². The number of carbonyl (C=O) groups is 2. The van der Waals surface area contributed by atoms with Gasteiger partial charge in [0.15, 0.2) is 5.78 Å². The highest BCUT2D eigenvalue weighted by Crippen LogP contribution is 2.41. The fourth-order valence-corrected chi connectivity index (χ4v) is 4.61. The second-order valence-electron chi connectivity index (χ2n) is 7.37. The summed E-state index contributed by atoms with van der Waals surface area (Å²) in [4.78, 5) is 29.7. The first-order valence-electron chi connectivity index (χ1n) is 9.88. The Hall–Kier alpha value is -2.96. The van der Waals surface area contributed by atoms with Crippen LogP contribution in [0.1, 0.15) is 33.4 Å². The lowest BCUT2D eigenvalue weighted by atomic mass is 10.1. The fourth-order valence-electron chi connectivity index (χ4n) is 3.44. The van der Waals surface area contributed by atoms with Gasteiger partial charge in [-0.3, -0.25) is 14.6 Å². The van der Waals surface area contributed by atoms with E-state index < -0.39 is 0 Å². The Morgan fingerprint density at radius 1 is 1.32 bits per heavy atom. The number of aryl methyl sites for hydroxylation is 1. The standard InChI is InChI=1S/C24H21ClN2O3S/c1-14-16(4-3-9-26-14)5-8-23(29)27-13-19-11-18-10-17(12-20(25)24(18)30-19)22-7-6-21(31-22)15(2)28/h3-10,12,19H,11,13H2,1-2H3,(H,27,29)/b8-5+. The predicted octanol–water partition coefficient (Wildman–Crippen LogP) is 5.11. The van der Waals surface area contributed by atoms with E-state index in [1.54, 1.807) is 19.2 Å². The molecule has 1 aliphatic rings. The van der Waals surface area contributed by atoms with Gasteiger partial charge in [-0.2, -0.15) is 0 Å². The summed E-state index contributed by atoms with van der Waals surface area (Å²) >= 11 is 7.91. The minimum Gasteiger partial charge on any atom is -0.486 e. The van der Waals surface area contributed by atoms with Crippen LogP contribution in [0.2, 0.25) is 5.02 Å². The number of Topliss-reactive ketones (excluding diaryl/α,β-unsaturated/α-hetero) is 1. The Balaban J connectivity index is 1.39. The van der Waals surface area contributed by atoms with Crippen LogP contribution >= 0.6 is 22.9 Å². The van der Waals surface area contributed by atoms with Crippen molar-refractivity contribution in [2.75, 3.05) is 6.54 Å². The number of fused-ring (bicyclic) bond motifs is 1. The number of thiophene rings is 1. The minimum atomic E-state index is -0.190. The molecule has 158 valence electrons. The molecule has 1 aromatic carbocycles. The molecule has 31 heavy (non-hydrogen) atoms. The average Bonchev–Trinajstić information content (AvgIpc) is 3.39. The number of hydrogen-bond acceptors (Lipinski definition) is 5. The Morgan fingerprint density at radius 2 is 2.16 bits per heavy atom. The smallest absolute Gasteiger partial charge is 0.244 e. The van der Waals surface area contributed by atoms with Gasteiger partial charge in [-0.25, -0.2) is 0 Å². The maximum Gasteiger partial charge on any atom is 0.244 e. The number of pyridine rings is 1. The summed E-state index contributed by atoms with van der Waals surface area (Å²) in [5.41, 5.74) is 3.74. The van der Waals surface area contributed by atoms with E-state index in [1.165, 1.54) is 17.4 Å². The van der Waals surface area contributed by atoms with E-state index >= 15 is 0 Å². The predicted molar refractivity (Wildman–Crippen MR) is 124 cm³/mol. The molecule has 0 saturated carbocycles. The van der Waals surface area contributed by atoms with E-state index in [0.717, 1.165) is 32.1 Å². The van der Waals surface area contributed by atoms with Crippen LogP contribution in [-0.4, -0.2) is 29.3 Å². The van der Waals surface area contributed by atoms with E-state index in [-0.39, 0.29) is 17.8 Å². The van der Waals surface area contributed by atoms with E-state index in [1.807, 2.05) is 43.3 Å². The molecule has 0 saturated heterocycles. The lowest BCUT2D eigenvalue weighted by molar-refractivity contribution is -0.116. The summed E-state index contributed by atoms with van der Waals surface area (Å²) in [5, 5.41) is 3.41. The molecule has 0 bridgehead atoms. The lowest BCUT2D eigenvalue weighted by Crippen LogP contribution is -2.33. The van der Waals surface area contributed by atoms with Crippen molar-refractivity contribution in [2.24, 2.45) is 0 Å².